The second-order valence-corrected chi connectivity index (χ2v) is 8.16. The lowest BCUT2D eigenvalue weighted by Gasteiger charge is -2.35. The summed E-state index contributed by atoms with van der Waals surface area (Å²) in [5.41, 5.74) is 2.10. The molecule has 1 aromatic carbocycles. The van der Waals surface area contributed by atoms with Gasteiger partial charge >= 0.3 is 0 Å². The van der Waals surface area contributed by atoms with Crippen molar-refractivity contribution in [2.24, 2.45) is 5.41 Å². The number of aryl methyl sites for hydroxylation is 1. The molecule has 134 valence electrons. The van der Waals surface area contributed by atoms with Crippen LogP contribution in [0.2, 0.25) is 0 Å². The number of benzene rings is 1. The number of hydrogen-bond donors (Lipinski definition) is 0. The predicted octanol–water partition coefficient (Wildman–Crippen LogP) is 4.53. The highest BCUT2D eigenvalue weighted by Gasteiger charge is 2.33. The van der Waals surface area contributed by atoms with Gasteiger partial charge in [-0.3, -0.25) is 4.79 Å². The molecule has 1 fully saturated rings. The van der Waals surface area contributed by atoms with E-state index in [-0.39, 0.29) is 17.4 Å². The highest BCUT2D eigenvalue weighted by atomic mass is 16.5. The van der Waals surface area contributed by atoms with Crippen LogP contribution in [0.1, 0.15) is 64.0 Å². The van der Waals surface area contributed by atoms with Crippen LogP contribution >= 0.6 is 0 Å². The van der Waals surface area contributed by atoms with Gasteiger partial charge in [-0.15, -0.1) is 0 Å². The van der Waals surface area contributed by atoms with Crippen LogP contribution in [-0.2, 0) is 4.79 Å². The molecule has 0 radical (unpaired) electrons. The third-order valence-electron chi connectivity index (χ3n) is 4.54. The molecule has 25 heavy (non-hydrogen) atoms. The van der Waals surface area contributed by atoms with Crippen LogP contribution in [0.5, 0.6) is 0 Å². The van der Waals surface area contributed by atoms with E-state index in [9.17, 15) is 4.79 Å². The van der Waals surface area contributed by atoms with Crippen molar-refractivity contribution in [2.45, 2.75) is 59.4 Å². The first-order valence-electron chi connectivity index (χ1n) is 9.04. The van der Waals surface area contributed by atoms with Crippen LogP contribution in [0.4, 0.5) is 0 Å². The number of aromatic nitrogens is 2. The van der Waals surface area contributed by atoms with Gasteiger partial charge in [-0.1, -0.05) is 55.8 Å². The Bertz CT molecular complexity index is 728. The number of piperidine rings is 1. The smallest absolute Gasteiger partial charge is 0.249 e. The summed E-state index contributed by atoms with van der Waals surface area (Å²) in [6.07, 6.45) is 3.52. The summed E-state index contributed by atoms with van der Waals surface area (Å²) in [6.45, 7) is 9.08. The quantitative estimate of drug-likeness (QED) is 0.822. The lowest BCUT2D eigenvalue weighted by Crippen LogP contribution is -2.40. The minimum absolute atomic E-state index is 0.0268. The van der Waals surface area contributed by atoms with Crippen molar-refractivity contribution >= 4 is 5.91 Å². The summed E-state index contributed by atoms with van der Waals surface area (Å²) >= 11 is 0. The van der Waals surface area contributed by atoms with Gasteiger partial charge in [0.05, 0.1) is 0 Å². The van der Waals surface area contributed by atoms with Gasteiger partial charge in [0.1, 0.15) is 6.04 Å². The Morgan fingerprint density at radius 3 is 2.64 bits per heavy atom. The van der Waals surface area contributed by atoms with Crippen LogP contribution in [0, 0.1) is 12.3 Å². The van der Waals surface area contributed by atoms with Gasteiger partial charge in [-0.05, 0) is 31.6 Å². The summed E-state index contributed by atoms with van der Waals surface area (Å²) in [5.74, 6) is 1.31. The zero-order valence-corrected chi connectivity index (χ0v) is 15.6. The summed E-state index contributed by atoms with van der Waals surface area (Å²) in [7, 11) is 0. The largest absolute Gasteiger partial charge is 0.337 e. The van der Waals surface area contributed by atoms with Gasteiger partial charge in [0, 0.05) is 18.5 Å². The summed E-state index contributed by atoms with van der Waals surface area (Å²) in [5, 5.41) is 4.14. The molecule has 1 aliphatic heterocycles. The zero-order valence-electron chi connectivity index (χ0n) is 15.6. The minimum atomic E-state index is -0.102. The average Bonchev–Trinajstić information content (AvgIpc) is 3.04. The van der Waals surface area contributed by atoms with E-state index in [1.807, 2.05) is 36.1 Å². The number of hydrogen-bond acceptors (Lipinski definition) is 4. The van der Waals surface area contributed by atoms with E-state index < -0.39 is 0 Å². The van der Waals surface area contributed by atoms with Crippen molar-refractivity contribution in [3.63, 3.8) is 0 Å². The Morgan fingerprint density at radius 2 is 1.96 bits per heavy atom. The molecule has 1 unspecified atom stereocenters. The number of carbonyl (C=O) groups excluding carboxylic acids is 1. The maximum absolute atomic E-state index is 12.7. The van der Waals surface area contributed by atoms with Crippen molar-refractivity contribution in [2.75, 3.05) is 6.54 Å². The molecular weight excluding hydrogens is 314 g/mol. The first-order valence-corrected chi connectivity index (χ1v) is 9.04. The first kappa shape index (κ1) is 17.6. The van der Waals surface area contributed by atoms with E-state index in [4.69, 9.17) is 4.52 Å². The van der Waals surface area contributed by atoms with Gasteiger partial charge < -0.3 is 9.42 Å². The molecule has 2 heterocycles. The summed E-state index contributed by atoms with van der Waals surface area (Å²) in [4.78, 5) is 19.3. The SMILES string of the molecule is Cc1ccc(-c2noc(C3CCCCN3C(=O)CC(C)(C)C)n2)cc1. The lowest BCUT2D eigenvalue weighted by molar-refractivity contribution is -0.137. The van der Waals surface area contributed by atoms with Crippen molar-refractivity contribution in [3.05, 3.63) is 35.7 Å². The lowest BCUT2D eigenvalue weighted by atomic mass is 9.90. The van der Waals surface area contributed by atoms with Gasteiger partial charge in [0.25, 0.3) is 0 Å². The van der Waals surface area contributed by atoms with E-state index in [2.05, 4.69) is 30.9 Å². The third kappa shape index (κ3) is 4.27. The monoisotopic (exact) mass is 341 g/mol. The number of nitrogens with zero attached hydrogens (tertiary/aromatic N) is 3. The minimum Gasteiger partial charge on any atom is -0.337 e. The van der Waals surface area contributed by atoms with Gasteiger partial charge in [-0.25, -0.2) is 0 Å². The van der Waals surface area contributed by atoms with Crippen LogP contribution in [0.3, 0.4) is 0 Å². The van der Waals surface area contributed by atoms with E-state index >= 15 is 0 Å². The molecule has 1 aliphatic rings. The van der Waals surface area contributed by atoms with Crippen LogP contribution in [-0.4, -0.2) is 27.5 Å². The standard InChI is InChI=1S/C20H27N3O2/c1-14-8-10-15(11-9-14)18-21-19(25-22-18)16-7-5-6-12-23(16)17(24)13-20(2,3)4/h8-11,16H,5-7,12-13H2,1-4H3. The molecule has 0 N–H and O–H groups in total. The van der Waals surface area contributed by atoms with Crippen LogP contribution in [0.15, 0.2) is 28.8 Å². The van der Waals surface area contributed by atoms with E-state index in [0.717, 1.165) is 31.4 Å². The Kier molecular flexibility index (Phi) is 4.93. The molecule has 0 spiro atoms. The highest BCUT2D eigenvalue weighted by Crippen LogP contribution is 2.33. The topological polar surface area (TPSA) is 59.2 Å². The Balaban J connectivity index is 1.81. The van der Waals surface area contributed by atoms with Crippen LogP contribution in [0.25, 0.3) is 11.4 Å². The van der Waals surface area contributed by atoms with Crippen molar-refractivity contribution in [1.29, 1.82) is 0 Å². The molecule has 0 saturated carbocycles. The highest BCUT2D eigenvalue weighted by molar-refractivity contribution is 5.77. The number of amides is 1. The number of likely N-dealkylation sites (tertiary alicyclic amines) is 1. The normalized spacial score (nSPS) is 18.4. The second kappa shape index (κ2) is 6.98. The zero-order chi connectivity index (χ0) is 18.0. The maximum Gasteiger partial charge on any atom is 0.249 e. The fourth-order valence-corrected chi connectivity index (χ4v) is 3.23. The van der Waals surface area contributed by atoms with Crippen molar-refractivity contribution in [1.82, 2.24) is 15.0 Å². The fraction of sp³-hybridized carbons (Fsp3) is 0.550. The molecule has 0 aliphatic carbocycles. The van der Waals surface area contributed by atoms with E-state index in [0.29, 0.717) is 18.1 Å². The molecule has 2 aromatic rings. The summed E-state index contributed by atoms with van der Waals surface area (Å²) in [6, 6.07) is 7.95. The molecule has 1 amide bonds. The molecule has 5 nitrogen and oxygen atoms in total. The third-order valence-corrected chi connectivity index (χ3v) is 4.54. The van der Waals surface area contributed by atoms with E-state index in [1.165, 1.54) is 5.56 Å². The summed E-state index contributed by atoms with van der Waals surface area (Å²) < 4.78 is 5.54. The first-order chi connectivity index (χ1) is 11.8. The number of rotatable bonds is 3. The maximum atomic E-state index is 12.7. The van der Waals surface area contributed by atoms with Crippen LogP contribution < -0.4 is 0 Å². The Hall–Kier alpha value is -2.17. The molecule has 0 bridgehead atoms. The van der Waals surface area contributed by atoms with E-state index in [1.54, 1.807) is 0 Å². The Labute approximate surface area is 149 Å². The second-order valence-electron chi connectivity index (χ2n) is 8.16. The number of carbonyl (C=O) groups is 1. The molecule has 1 saturated heterocycles. The molecule has 3 rings (SSSR count). The molecule has 1 atom stereocenters. The Morgan fingerprint density at radius 1 is 1.24 bits per heavy atom. The molecule has 1 aromatic heterocycles. The predicted molar refractivity (Wildman–Crippen MR) is 96.8 cm³/mol. The molecule has 5 heteroatoms. The molecular formula is C20H27N3O2. The fourth-order valence-electron chi connectivity index (χ4n) is 3.23. The van der Waals surface area contributed by atoms with Gasteiger partial charge in [0.15, 0.2) is 0 Å². The van der Waals surface area contributed by atoms with Gasteiger partial charge in [0.2, 0.25) is 17.6 Å². The van der Waals surface area contributed by atoms with Crippen molar-refractivity contribution < 1.29 is 9.32 Å². The average molecular weight is 341 g/mol. The van der Waals surface area contributed by atoms with Gasteiger partial charge in [-0.2, -0.15) is 4.98 Å². The van der Waals surface area contributed by atoms with Crippen molar-refractivity contribution in [3.8, 4) is 11.4 Å².